The van der Waals surface area contributed by atoms with Gasteiger partial charge in [0.05, 0.1) is 12.4 Å². The van der Waals surface area contributed by atoms with Gasteiger partial charge in [-0.05, 0) is 49.0 Å². The number of rotatable bonds is 6. The molecule has 7 heteroatoms. The van der Waals surface area contributed by atoms with Crippen molar-refractivity contribution in [2.24, 2.45) is 0 Å². The first kappa shape index (κ1) is 16.0. The molecule has 1 aromatic rings. The summed E-state index contributed by atoms with van der Waals surface area (Å²) in [5.41, 5.74) is 1.93. The van der Waals surface area contributed by atoms with Gasteiger partial charge in [-0.15, -0.1) is 0 Å². The van der Waals surface area contributed by atoms with Gasteiger partial charge in [0, 0.05) is 6.26 Å². The summed E-state index contributed by atoms with van der Waals surface area (Å²) in [5, 5.41) is 18.5. The highest BCUT2D eigenvalue weighted by atomic mass is 32.2. The third-order valence-electron chi connectivity index (χ3n) is 2.75. The maximum atomic E-state index is 11.0. The number of ether oxygens (including phenoxy) is 1. The van der Waals surface area contributed by atoms with Crippen LogP contribution >= 0.6 is 0 Å². The Hall–Kier alpha value is -1.05. The fraction of sp³-hybridized carbons (Fsp3) is 0.500. The van der Waals surface area contributed by atoms with Crippen LogP contribution in [0.3, 0.4) is 0 Å². The van der Waals surface area contributed by atoms with Crippen LogP contribution in [0.25, 0.3) is 0 Å². The Morgan fingerprint density at radius 3 is 2.16 bits per heavy atom. The van der Waals surface area contributed by atoms with Gasteiger partial charge in [0.15, 0.2) is 0 Å². The molecule has 106 valence electrons. The average Bonchev–Trinajstić information content (AvgIpc) is 2.21. The summed E-state index contributed by atoms with van der Waals surface area (Å²) in [5.74, 6) is 0.700. The Bertz CT molecular complexity index is 516. The molecule has 0 aliphatic heterocycles. The van der Waals surface area contributed by atoms with Gasteiger partial charge in [0.2, 0.25) is 0 Å². The van der Waals surface area contributed by atoms with Gasteiger partial charge in [-0.1, -0.05) is 0 Å². The zero-order chi connectivity index (χ0) is 14.6. The molecule has 1 aromatic carbocycles. The highest BCUT2D eigenvalue weighted by Gasteiger charge is 2.17. The third kappa shape index (κ3) is 5.22. The van der Waals surface area contributed by atoms with Gasteiger partial charge in [0.1, 0.15) is 15.6 Å². The topological polar surface area (TPSA) is 83.8 Å². The molecule has 1 rings (SSSR count). The second-order valence-corrected chi connectivity index (χ2v) is 6.94. The van der Waals surface area contributed by atoms with Crippen molar-refractivity contribution in [3.8, 4) is 5.75 Å². The molecular formula is C12H19BO5S. The third-order valence-corrected chi connectivity index (χ3v) is 3.78. The van der Waals surface area contributed by atoms with Crippen LogP contribution in [0.2, 0.25) is 0 Å². The molecule has 5 nitrogen and oxygen atoms in total. The van der Waals surface area contributed by atoms with E-state index in [0.717, 1.165) is 11.1 Å². The van der Waals surface area contributed by atoms with E-state index in [1.165, 1.54) is 6.26 Å². The van der Waals surface area contributed by atoms with Crippen LogP contribution in [-0.2, 0) is 9.84 Å². The summed E-state index contributed by atoms with van der Waals surface area (Å²) in [6.45, 7) is 3.85. The minimum absolute atomic E-state index is 0.0956. The number of aryl methyl sites for hydroxylation is 2. The lowest BCUT2D eigenvalue weighted by molar-refractivity contribution is 0.317. The summed E-state index contributed by atoms with van der Waals surface area (Å²) >= 11 is 0. The van der Waals surface area contributed by atoms with E-state index in [4.69, 9.17) is 4.74 Å². The molecule has 0 saturated carbocycles. The van der Waals surface area contributed by atoms with Crippen molar-refractivity contribution in [1.29, 1.82) is 0 Å². The van der Waals surface area contributed by atoms with Gasteiger partial charge < -0.3 is 14.8 Å². The molecule has 0 radical (unpaired) electrons. The Morgan fingerprint density at radius 2 is 1.74 bits per heavy atom. The monoisotopic (exact) mass is 286 g/mol. The largest absolute Gasteiger partial charge is 0.494 e. The molecule has 0 aliphatic carbocycles. The maximum Gasteiger partial charge on any atom is 0.488 e. The predicted molar refractivity (Wildman–Crippen MR) is 75.6 cm³/mol. The molecule has 19 heavy (non-hydrogen) atoms. The van der Waals surface area contributed by atoms with E-state index in [9.17, 15) is 18.5 Å². The molecule has 0 heterocycles. The van der Waals surface area contributed by atoms with Gasteiger partial charge >= 0.3 is 7.12 Å². The Balaban J connectivity index is 2.66. The summed E-state index contributed by atoms with van der Waals surface area (Å²) < 4.78 is 27.4. The summed E-state index contributed by atoms with van der Waals surface area (Å²) in [4.78, 5) is 0. The number of hydrogen-bond acceptors (Lipinski definition) is 5. The first-order chi connectivity index (χ1) is 8.70. The molecule has 0 spiro atoms. The van der Waals surface area contributed by atoms with Crippen LogP contribution in [-0.4, -0.2) is 44.2 Å². The fourth-order valence-electron chi connectivity index (χ4n) is 1.94. The Morgan fingerprint density at radius 1 is 1.21 bits per heavy atom. The SMILES string of the molecule is Cc1cc(OCCCS(C)(=O)=O)cc(C)c1B(O)O. The lowest BCUT2D eigenvalue weighted by atomic mass is 9.74. The molecule has 0 atom stereocenters. The van der Waals surface area contributed by atoms with E-state index in [1.54, 1.807) is 26.0 Å². The maximum absolute atomic E-state index is 11.0. The Kier molecular flexibility index (Phi) is 5.40. The summed E-state index contributed by atoms with van der Waals surface area (Å²) in [6.07, 6.45) is 1.63. The lowest BCUT2D eigenvalue weighted by Crippen LogP contribution is -2.34. The van der Waals surface area contributed by atoms with Crippen molar-refractivity contribution in [2.45, 2.75) is 20.3 Å². The first-order valence-corrected chi connectivity index (χ1v) is 8.04. The van der Waals surface area contributed by atoms with E-state index in [2.05, 4.69) is 0 Å². The van der Waals surface area contributed by atoms with E-state index in [1.807, 2.05) is 0 Å². The smallest absolute Gasteiger partial charge is 0.488 e. The van der Waals surface area contributed by atoms with Crippen LogP contribution in [0.4, 0.5) is 0 Å². The van der Waals surface area contributed by atoms with Crippen LogP contribution in [0.15, 0.2) is 12.1 Å². The van der Waals surface area contributed by atoms with Gasteiger partial charge in [-0.25, -0.2) is 8.42 Å². The summed E-state index contributed by atoms with van der Waals surface area (Å²) in [7, 11) is -4.46. The van der Waals surface area contributed by atoms with Crippen LogP contribution in [0.5, 0.6) is 5.75 Å². The van der Waals surface area contributed by atoms with Gasteiger partial charge in [-0.2, -0.15) is 0 Å². The predicted octanol–water partition coefficient (Wildman–Crippen LogP) is -0.203. The first-order valence-electron chi connectivity index (χ1n) is 5.98. The van der Waals surface area contributed by atoms with Crippen molar-refractivity contribution in [3.63, 3.8) is 0 Å². The normalized spacial score (nSPS) is 11.4. The second-order valence-electron chi connectivity index (χ2n) is 4.68. The van der Waals surface area contributed by atoms with E-state index in [0.29, 0.717) is 24.2 Å². The zero-order valence-electron chi connectivity index (χ0n) is 11.4. The quantitative estimate of drug-likeness (QED) is 0.559. The van der Waals surface area contributed by atoms with Crippen LogP contribution in [0, 0.1) is 13.8 Å². The van der Waals surface area contributed by atoms with Crippen molar-refractivity contribution in [2.75, 3.05) is 18.6 Å². The fourth-order valence-corrected chi connectivity index (χ4v) is 2.58. The highest BCUT2D eigenvalue weighted by molar-refractivity contribution is 7.90. The minimum atomic E-state index is -2.96. The molecule has 0 aromatic heterocycles. The van der Waals surface area contributed by atoms with Crippen LogP contribution < -0.4 is 10.2 Å². The van der Waals surface area contributed by atoms with E-state index < -0.39 is 17.0 Å². The molecule has 0 fully saturated rings. The zero-order valence-corrected chi connectivity index (χ0v) is 12.2. The van der Waals surface area contributed by atoms with Gasteiger partial charge in [-0.3, -0.25) is 0 Å². The van der Waals surface area contributed by atoms with Crippen molar-refractivity contribution in [3.05, 3.63) is 23.3 Å². The lowest BCUT2D eigenvalue weighted by Gasteiger charge is -2.12. The standard InChI is InChI=1S/C12H19BO5S/c1-9-7-11(8-10(2)12(9)13(14)15)18-5-4-6-19(3,16)17/h7-8,14-15H,4-6H2,1-3H3. The van der Waals surface area contributed by atoms with Gasteiger partial charge in [0.25, 0.3) is 0 Å². The molecule has 0 bridgehead atoms. The van der Waals surface area contributed by atoms with Crippen LogP contribution in [0.1, 0.15) is 17.5 Å². The number of benzene rings is 1. The summed E-state index contributed by atoms with van der Waals surface area (Å²) in [6, 6.07) is 3.42. The molecule has 2 N–H and O–H groups in total. The highest BCUT2D eigenvalue weighted by Crippen LogP contribution is 2.15. The molecular weight excluding hydrogens is 267 g/mol. The number of sulfone groups is 1. The molecule has 0 amide bonds. The minimum Gasteiger partial charge on any atom is -0.494 e. The molecule has 0 unspecified atom stereocenters. The second kappa shape index (κ2) is 6.41. The number of hydrogen-bond donors (Lipinski definition) is 2. The van der Waals surface area contributed by atoms with Crippen molar-refractivity contribution in [1.82, 2.24) is 0 Å². The average molecular weight is 286 g/mol. The Labute approximate surface area is 114 Å². The molecule has 0 aliphatic rings. The van der Waals surface area contributed by atoms with E-state index >= 15 is 0 Å². The molecule has 0 saturated heterocycles. The van der Waals surface area contributed by atoms with Crippen molar-refractivity contribution >= 4 is 22.4 Å². The van der Waals surface area contributed by atoms with Crippen molar-refractivity contribution < 1.29 is 23.2 Å². The van der Waals surface area contributed by atoms with E-state index in [-0.39, 0.29) is 5.75 Å².